The summed E-state index contributed by atoms with van der Waals surface area (Å²) in [5.74, 6) is 6.96. The summed E-state index contributed by atoms with van der Waals surface area (Å²) in [5, 5.41) is 16.9. The van der Waals surface area contributed by atoms with Gasteiger partial charge in [-0.1, -0.05) is 24.0 Å². The summed E-state index contributed by atoms with van der Waals surface area (Å²) in [6, 6.07) is 10.8. The number of nitrogens with one attached hydrogen (secondary N) is 2. The summed E-state index contributed by atoms with van der Waals surface area (Å²) in [6.07, 6.45) is 2.28. The number of halogens is 1. The summed E-state index contributed by atoms with van der Waals surface area (Å²) in [4.78, 5) is 8.76. The molecule has 5 rings (SSSR count). The molecule has 0 unspecified atom stereocenters. The minimum absolute atomic E-state index is 0.0904. The van der Waals surface area contributed by atoms with Crippen LogP contribution in [-0.4, -0.2) is 40.4 Å². The van der Waals surface area contributed by atoms with Gasteiger partial charge < -0.3 is 9.80 Å². The van der Waals surface area contributed by atoms with Crippen LogP contribution in [0.15, 0.2) is 36.4 Å². The van der Waals surface area contributed by atoms with Gasteiger partial charge in [-0.15, -0.1) is 0 Å². The molecule has 1 aromatic heterocycles. The second-order valence-electron chi connectivity index (χ2n) is 9.32. The Morgan fingerprint density at radius 1 is 1.15 bits per heavy atom. The van der Waals surface area contributed by atoms with Crippen molar-refractivity contribution >= 4 is 28.2 Å². The molecule has 2 aliphatic rings. The predicted octanol–water partition coefficient (Wildman–Crippen LogP) is 4.24. The SMILES string of the molecule is CC(=N)n1c(=N)nc(N2CCN(C)Cc3c(C#CC4(C)CC4)cccc32)c2c(F)cccc21. The molecule has 0 radical (unpaired) electrons. The molecule has 1 saturated carbocycles. The monoisotopic (exact) mass is 442 g/mol. The topological polar surface area (TPSA) is 72.0 Å². The summed E-state index contributed by atoms with van der Waals surface area (Å²) in [5.41, 5.74) is 3.51. The molecule has 0 spiro atoms. The van der Waals surface area contributed by atoms with E-state index < -0.39 is 5.82 Å². The first-order valence-electron chi connectivity index (χ1n) is 11.2. The number of fused-ring (bicyclic) bond motifs is 2. The Bertz CT molecular complexity index is 1410. The van der Waals surface area contributed by atoms with Crippen molar-refractivity contribution in [3.8, 4) is 11.8 Å². The minimum Gasteiger partial charge on any atom is -0.324 e. The molecular formula is C26H27FN6. The lowest BCUT2D eigenvalue weighted by molar-refractivity contribution is 0.343. The van der Waals surface area contributed by atoms with Gasteiger partial charge in [0, 0.05) is 41.9 Å². The normalized spacial score (nSPS) is 17.2. The Labute approximate surface area is 192 Å². The highest BCUT2D eigenvalue weighted by Crippen LogP contribution is 2.44. The zero-order chi connectivity index (χ0) is 23.3. The molecule has 2 N–H and O–H groups in total. The van der Waals surface area contributed by atoms with Crippen LogP contribution in [0.3, 0.4) is 0 Å². The van der Waals surface area contributed by atoms with Crippen molar-refractivity contribution in [2.24, 2.45) is 5.41 Å². The van der Waals surface area contributed by atoms with E-state index in [1.165, 1.54) is 10.6 Å². The predicted molar refractivity (Wildman–Crippen MR) is 128 cm³/mol. The first-order valence-corrected chi connectivity index (χ1v) is 11.2. The molecule has 1 aliphatic carbocycles. The third-order valence-corrected chi connectivity index (χ3v) is 6.55. The number of likely N-dealkylation sites (N-methyl/N-ethyl adjacent to an activating group) is 1. The molecule has 1 fully saturated rings. The zero-order valence-electron chi connectivity index (χ0n) is 19.2. The van der Waals surface area contributed by atoms with E-state index in [0.29, 0.717) is 23.3 Å². The van der Waals surface area contributed by atoms with Crippen molar-refractivity contribution in [2.75, 3.05) is 25.0 Å². The molecule has 3 aromatic rings. The van der Waals surface area contributed by atoms with Crippen molar-refractivity contribution < 1.29 is 4.39 Å². The van der Waals surface area contributed by atoms with E-state index in [0.717, 1.165) is 42.7 Å². The Morgan fingerprint density at radius 3 is 2.64 bits per heavy atom. The summed E-state index contributed by atoms with van der Waals surface area (Å²) >= 11 is 0. The molecule has 168 valence electrons. The molecule has 2 heterocycles. The fourth-order valence-corrected chi connectivity index (χ4v) is 4.38. The maximum Gasteiger partial charge on any atom is 0.230 e. The third kappa shape index (κ3) is 3.81. The number of anilines is 2. The average molecular weight is 443 g/mol. The van der Waals surface area contributed by atoms with Crippen LogP contribution in [0.1, 0.15) is 37.8 Å². The third-order valence-electron chi connectivity index (χ3n) is 6.55. The van der Waals surface area contributed by atoms with Gasteiger partial charge in [-0.05, 0) is 58.0 Å². The molecule has 0 saturated heterocycles. The van der Waals surface area contributed by atoms with E-state index >= 15 is 4.39 Å². The highest BCUT2D eigenvalue weighted by atomic mass is 19.1. The highest BCUT2D eigenvalue weighted by Gasteiger charge is 2.35. The van der Waals surface area contributed by atoms with Crippen molar-refractivity contribution in [1.29, 1.82) is 10.8 Å². The van der Waals surface area contributed by atoms with Gasteiger partial charge in [0.05, 0.1) is 10.9 Å². The van der Waals surface area contributed by atoms with Crippen molar-refractivity contribution in [3.05, 3.63) is 59.0 Å². The maximum absolute atomic E-state index is 15.2. The van der Waals surface area contributed by atoms with Gasteiger partial charge in [0.25, 0.3) is 0 Å². The van der Waals surface area contributed by atoms with Gasteiger partial charge >= 0.3 is 0 Å². The fraction of sp³-hybridized carbons (Fsp3) is 0.346. The Kier molecular flexibility index (Phi) is 5.06. The van der Waals surface area contributed by atoms with Gasteiger partial charge in [0.1, 0.15) is 17.5 Å². The lowest BCUT2D eigenvalue weighted by Gasteiger charge is -2.26. The summed E-state index contributed by atoms with van der Waals surface area (Å²) < 4.78 is 16.6. The smallest absolute Gasteiger partial charge is 0.230 e. The number of rotatable bonds is 1. The van der Waals surface area contributed by atoms with Gasteiger partial charge in [-0.3, -0.25) is 15.4 Å². The van der Waals surface area contributed by atoms with Gasteiger partial charge in [0.2, 0.25) is 5.62 Å². The second-order valence-corrected chi connectivity index (χ2v) is 9.32. The molecular weight excluding hydrogens is 415 g/mol. The van der Waals surface area contributed by atoms with Crippen LogP contribution >= 0.6 is 0 Å². The maximum atomic E-state index is 15.2. The minimum atomic E-state index is -0.415. The van der Waals surface area contributed by atoms with E-state index in [-0.39, 0.29) is 16.9 Å². The van der Waals surface area contributed by atoms with Crippen LogP contribution in [0, 0.1) is 33.9 Å². The Morgan fingerprint density at radius 2 is 1.91 bits per heavy atom. The van der Waals surface area contributed by atoms with Gasteiger partial charge in [-0.2, -0.15) is 4.98 Å². The van der Waals surface area contributed by atoms with Gasteiger partial charge in [-0.25, -0.2) is 4.39 Å². The highest BCUT2D eigenvalue weighted by molar-refractivity contribution is 5.98. The standard InChI is InChI=1S/C26H27FN6/c1-17(28)33-22-9-5-7-20(27)23(22)24(30-25(33)29)32-15-14-31(3)16-19-18(6-4-8-21(19)32)10-11-26(2)12-13-26/h4-9,28-29H,12-16H2,1-3H3. The Balaban J connectivity index is 1.75. The van der Waals surface area contributed by atoms with E-state index in [1.54, 1.807) is 19.1 Å². The van der Waals surface area contributed by atoms with Gasteiger partial charge in [0.15, 0.2) is 0 Å². The lowest BCUT2D eigenvalue weighted by atomic mass is 10.0. The number of nitrogens with zero attached hydrogens (tertiary/aromatic N) is 4. The first-order chi connectivity index (χ1) is 15.8. The molecule has 7 heteroatoms. The van der Waals surface area contributed by atoms with Crippen LogP contribution in [-0.2, 0) is 6.54 Å². The van der Waals surface area contributed by atoms with Crippen LogP contribution in [0.5, 0.6) is 0 Å². The lowest BCUT2D eigenvalue weighted by Crippen LogP contribution is -2.33. The summed E-state index contributed by atoms with van der Waals surface area (Å²) in [7, 11) is 2.07. The van der Waals surface area contributed by atoms with Crippen molar-refractivity contribution in [2.45, 2.75) is 33.2 Å². The largest absolute Gasteiger partial charge is 0.324 e. The van der Waals surface area contributed by atoms with Crippen molar-refractivity contribution in [1.82, 2.24) is 14.5 Å². The van der Waals surface area contributed by atoms with Crippen LogP contribution in [0.4, 0.5) is 15.9 Å². The fourth-order valence-electron chi connectivity index (χ4n) is 4.38. The van der Waals surface area contributed by atoms with E-state index in [4.69, 9.17) is 10.8 Å². The number of benzene rings is 2. The van der Waals surface area contributed by atoms with E-state index in [9.17, 15) is 0 Å². The second kappa shape index (κ2) is 7.82. The van der Waals surface area contributed by atoms with E-state index in [2.05, 4.69) is 35.7 Å². The van der Waals surface area contributed by atoms with E-state index in [1.807, 2.05) is 23.1 Å². The molecule has 0 atom stereocenters. The Hall–Kier alpha value is -3.50. The molecule has 33 heavy (non-hydrogen) atoms. The molecule has 2 aromatic carbocycles. The molecule has 6 nitrogen and oxygen atoms in total. The molecule has 0 amide bonds. The number of hydrogen-bond donors (Lipinski definition) is 2. The first kappa shape index (κ1) is 21.4. The average Bonchev–Trinajstić information content (AvgIpc) is 3.53. The number of hydrogen-bond acceptors (Lipinski definition) is 5. The van der Waals surface area contributed by atoms with Crippen LogP contribution in [0.2, 0.25) is 0 Å². The quantitative estimate of drug-likeness (QED) is 0.336. The molecule has 0 bridgehead atoms. The molecule has 1 aliphatic heterocycles. The van der Waals surface area contributed by atoms with Crippen LogP contribution in [0.25, 0.3) is 10.9 Å². The van der Waals surface area contributed by atoms with Crippen LogP contribution < -0.4 is 10.5 Å². The van der Waals surface area contributed by atoms with Crippen molar-refractivity contribution in [3.63, 3.8) is 0 Å². The summed E-state index contributed by atoms with van der Waals surface area (Å²) in [6.45, 7) is 5.85. The number of aromatic nitrogens is 2. The zero-order valence-corrected chi connectivity index (χ0v) is 19.2.